The van der Waals surface area contributed by atoms with Crippen LogP contribution in [-0.4, -0.2) is 43.8 Å². The highest BCUT2D eigenvalue weighted by atomic mass is 35.5. The molecule has 1 aliphatic heterocycles. The Balaban J connectivity index is 1.47. The quantitative estimate of drug-likeness (QED) is 0.449. The molecule has 2 heterocycles. The van der Waals surface area contributed by atoms with E-state index in [1.54, 1.807) is 12.1 Å². The SMILES string of the molecule is CCn1c(SCC(=O)Nc2ccc(C)cc2C)nnc1C1CCCN1C(=O)c1ccccc1Cl. The molecule has 1 N–H and O–H groups in total. The molecule has 2 amide bonds. The number of rotatable bonds is 7. The fraction of sp³-hybridized carbons (Fsp3) is 0.360. The van der Waals surface area contributed by atoms with Gasteiger partial charge in [-0.15, -0.1) is 10.2 Å². The molecule has 0 radical (unpaired) electrons. The highest BCUT2D eigenvalue weighted by Gasteiger charge is 2.35. The molecule has 3 aromatic rings. The Morgan fingerprint density at radius 3 is 2.71 bits per heavy atom. The van der Waals surface area contributed by atoms with E-state index in [0.29, 0.717) is 28.8 Å². The summed E-state index contributed by atoms with van der Waals surface area (Å²) in [6, 6.07) is 12.9. The van der Waals surface area contributed by atoms with E-state index < -0.39 is 0 Å². The number of thioether (sulfide) groups is 1. The Bertz CT molecular complexity index is 1210. The van der Waals surface area contributed by atoms with Crippen molar-refractivity contribution in [3.63, 3.8) is 0 Å². The Labute approximate surface area is 208 Å². The molecular weight excluding hydrogens is 470 g/mol. The van der Waals surface area contributed by atoms with Crippen molar-refractivity contribution >= 4 is 40.9 Å². The zero-order valence-corrected chi connectivity index (χ0v) is 21.1. The van der Waals surface area contributed by atoms with E-state index in [2.05, 4.69) is 15.5 Å². The van der Waals surface area contributed by atoms with Gasteiger partial charge in [0.25, 0.3) is 5.91 Å². The third-order valence-electron chi connectivity index (χ3n) is 5.97. The van der Waals surface area contributed by atoms with Crippen LogP contribution in [0.3, 0.4) is 0 Å². The first-order valence-corrected chi connectivity index (χ1v) is 12.7. The van der Waals surface area contributed by atoms with Crippen LogP contribution >= 0.6 is 23.4 Å². The zero-order chi connectivity index (χ0) is 24.2. The third kappa shape index (κ3) is 5.13. The number of nitrogens with zero attached hydrogens (tertiary/aromatic N) is 4. The van der Waals surface area contributed by atoms with Crippen molar-refractivity contribution in [2.75, 3.05) is 17.6 Å². The lowest BCUT2D eigenvalue weighted by molar-refractivity contribution is -0.113. The lowest BCUT2D eigenvalue weighted by Crippen LogP contribution is -2.32. The molecule has 0 saturated carbocycles. The maximum atomic E-state index is 13.2. The summed E-state index contributed by atoms with van der Waals surface area (Å²) in [6.07, 6.45) is 1.70. The van der Waals surface area contributed by atoms with Gasteiger partial charge >= 0.3 is 0 Å². The maximum Gasteiger partial charge on any atom is 0.255 e. The van der Waals surface area contributed by atoms with Crippen molar-refractivity contribution in [3.05, 3.63) is 70.0 Å². The molecule has 1 atom stereocenters. The second-order valence-electron chi connectivity index (χ2n) is 8.38. The van der Waals surface area contributed by atoms with Gasteiger partial charge in [-0.3, -0.25) is 9.59 Å². The van der Waals surface area contributed by atoms with Crippen molar-refractivity contribution in [2.24, 2.45) is 0 Å². The summed E-state index contributed by atoms with van der Waals surface area (Å²) in [5.74, 6) is 0.775. The minimum Gasteiger partial charge on any atom is -0.328 e. The van der Waals surface area contributed by atoms with Crippen molar-refractivity contribution in [1.82, 2.24) is 19.7 Å². The number of carbonyl (C=O) groups excluding carboxylic acids is 2. The highest BCUT2D eigenvalue weighted by molar-refractivity contribution is 7.99. The Hall–Kier alpha value is -2.84. The molecule has 1 unspecified atom stereocenters. The topological polar surface area (TPSA) is 80.1 Å². The van der Waals surface area contributed by atoms with Crippen LogP contribution in [0.2, 0.25) is 5.02 Å². The molecule has 2 aromatic carbocycles. The molecule has 0 bridgehead atoms. The van der Waals surface area contributed by atoms with Crippen molar-refractivity contribution < 1.29 is 9.59 Å². The van der Waals surface area contributed by atoms with Gasteiger partial charge in [-0.25, -0.2) is 0 Å². The van der Waals surface area contributed by atoms with Gasteiger partial charge in [-0.1, -0.05) is 53.2 Å². The molecule has 1 aromatic heterocycles. The van der Waals surface area contributed by atoms with Crippen LogP contribution in [0.5, 0.6) is 0 Å². The van der Waals surface area contributed by atoms with Crippen molar-refractivity contribution in [2.45, 2.75) is 51.4 Å². The van der Waals surface area contributed by atoms with Gasteiger partial charge in [-0.2, -0.15) is 0 Å². The third-order valence-corrected chi connectivity index (χ3v) is 7.26. The molecule has 7 nitrogen and oxygen atoms in total. The minimum absolute atomic E-state index is 0.0965. The molecule has 9 heteroatoms. The van der Waals surface area contributed by atoms with E-state index in [4.69, 9.17) is 11.6 Å². The number of aromatic nitrogens is 3. The molecule has 0 spiro atoms. The second kappa shape index (κ2) is 10.6. The Morgan fingerprint density at radius 2 is 1.97 bits per heavy atom. The van der Waals surface area contributed by atoms with E-state index in [-0.39, 0.29) is 23.6 Å². The predicted octanol–water partition coefficient (Wildman–Crippen LogP) is 5.28. The molecule has 1 saturated heterocycles. The number of aryl methyl sites for hydroxylation is 2. The monoisotopic (exact) mass is 497 g/mol. The number of amides is 2. The first-order chi connectivity index (χ1) is 16.4. The van der Waals surface area contributed by atoms with Crippen molar-refractivity contribution in [3.8, 4) is 0 Å². The summed E-state index contributed by atoms with van der Waals surface area (Å²) >= 11 is 7.63. The van der Waals surface area contributed by atoms with Gasteiger partial charge in [0, 0.05) is 18.8 Å². The zero-order valence-electron chi connectivity index (χ0n) is 19.5. The van der Waals surface area contributed by atoms with Gasteiger partial charge < -0.3 is 14.8 Å². The second-order valence-corrected chi connectivity index (χ2v) is 9.73. The predicted molar refractivity (Wildman–Crippen MR) is 135 cm³/mol. The van der Waals surface area contributed by atoms with Gasteiger partial charge in [0.2, 0.25) is 5.91 Å². The molecule has 1 aliphatic rings. The van der Waals surface area contributed by atoms with Crippen LogP contribution < -0.4 is 5.32 Å². The average molecular weight is 498 g/mol. The summed E-state index contributed by atoms with van der Waals surface area (Å²) in [7, 11) is 0. The number of benzene rings is 2. The fourth-order valence-corrected chi connectivity index (χ4v) is 5.31. The lowest BCUT2D eigenvalue weighted by atomic mass is 10.1. The van der Waals surface area contributed by atoms with E-state index in [1.165, 1.54) is 11.8 Å². The molecule has 4 rings (SSSR count). The first kappa shape index (κ1) is 24.3. The standard InChI is InChI=1S/C25H28ClN5O2S/c1-4-30-23(21-10-7-13-31(21)24(33)18-8-5-6-9-19(18)26)28-29-25(30)34-15-22(32)27-20-12-11-16(2)14-17(20)3/h5-6,8-9,11-12,14,21H,4,7,10,13,15H2,1-3H3,(H,27,32). The van der Waals surface area contributed by atoms with E-state index in [9.17, 15) is 9.59 Å². The van der Waals surface area contributed by atoms with E-state index in [1.807, 2.05) is 60.6 Å². The molecule has 34 heavy (non-hydrogen) atoms. The van der Waals surface area contributed by atoms with Crippen LogP contribution in [-0.2, 0) is 11.3 Å². The van der Waals surface area contributed by atoms with Gasteiger partial charge in [0.15, 0.2) is 11.0 Å². The van der Waals surface area contributed by atoms with Gasteiger partial charge in [-0.05, 0) is 57.4 Å². The maximum absolute atomic E-state index is 13.2. The summed E-state index contributed by atoms with van der Waals surface area (Å²) in [6.45, 7) is 7.31. The van der Waals surface area contributed by atoms with Crippen molar-refractivity contribution in [1.29, 1.82) is 0 Å². The summed E-state index contributed by atoms with van der Waals surface area (Å²) in [5, 5.41) is 12.9. The van der Waals surface area contributed by atoms with Crippen LogP contribution in [0.15, 0.2) is 47.6 Å². The average Bonchev–Trinajstić information content (AvgIpc) is 3.46. The number of hydrogen-bond acceptors (Lipinski definition) is 5. The van der Waals surface area contributed by atoms with Gasteiger partial charge in [0.05, 0.1) is 22.4 Å². The van der Waals surface area contributed by atoms with E-state index >= 15 is 0 Å². The number of likely N-dealkylation sites (tertiary alicyclic amines) is 1. The summed E-state index contributed by atoms with van der Waals surface area (Å²) in [4.78, 5) is 27.6. The number of nitrogens with one attached hydrogen (secondary N) is 1. The van der Waals surface area contributed by atoms with Crippen LogP contribution in [0.25, 0.3) is 0 Å². The van der Waals surface area contributed by atoms with Gasteiger partial charge in [0.1, 0.15) is 0 Å². The normalized spacial score (nSPS) is 15.5. The molecule has 178 valence electrons. The Kier molecular flexibility index (Phi) is 7.58. The number of anilines is 1. The minimum atomic E-state index is -0.172. The van der Waals surface area contributed by atoms with Crippen LogP contribution in [0, 0.1) is 13.8 Å². The number of halogens is 1. The summed E-state index contributed by atoms with van der Waals surface area (Å²) in [5.41, 5.74) is 3.49. The summed E-state index contributed by atoms with van der Waals surface area (Å²) < 4.78 is 2.00. The molecule has 1 fully saturated rings. The fourth-order valence-electron chi connectivity index (χ4n) is 4.29. The largest absolute Gasteiger partial charge is 0.328 e. The van der Waals surface area contributed by atoms with Crippen LogP contribution in [0.1, 0.15) is 53.1 Å². The lowest BCUT2D eigenvalue weighted by Gasteiger charge is -2.25. The number of carbonyl (C=O) groups is 2. The smallest absolute Gasteiger partial charge is 0.255 e. The molecule has 0 aliphatic carbocycles. The highest BCUT2D eigenvalue weighted by Crippen LogP contribution is 2.34. The first-order valence-electron chi connectivity index (χ1n) is 11.4. The van der Waals surface area contributed by atoms with Crippen LogP contribution in [0.4, 0.5) is 5.69 Å². The molecular formula is C25H28ClN5O2S. The number of hydrogen-bond donors (Lipinski definition) is 1. The van der Waals surface area contributed by atoms with E-state index in [0.717, 1.165) is 35.5 Å². The Morgan fingerprint density at radius 1 is 1.18 bits per heavy atom.